The van der Waals surface area contributed by atoms with Gasteiger partial charge in [-0.25, -0.2) is 0 Å². The molecule has 0 aromatic heterocycles. The Labute approximate surface area is 134 Å². The SMILES string of the molecule is C/C=C(\C)CN1CCC(CO)(CCOc2ccccc2)CC1. The highest BCUT2D eigenvalue weighted by Crippen LogP contribution is 2.34. The molecule has 1 aliphatic heterocycles. The van der Waals surface area contributed by atoms with E-state index >= 15 is 0 Å². The molecule has 1 aromatic carbocycles. The van der Waals surface area contributed by atoms with Crippen molar-refractivity contribution in [2.45, 2.75) is 33.1 Å². The van der Waals surface area contributed by atoms with Crippen LogP contribution in [0, 0.1) is 5.41 Å². The van der Waals surface area contributed by atoms with Gasteiger partial charge in [-0.05, 0) is 63.7 Å². The van der Waals surface area contributed by atoms with Gasteiger partial charge < -0.3 is 9.84 Å². The molecule has 2 rings (SSSR count). The van der Waals surface area contributed by atoms with Crippen LogP contribution < -0.4 is 4.74 Å². The molecule has 0 bridgehead atoms. The van der Waals surface area contributed by atoms with Gasteiger partial charge in [0.1, 0.15) is 5.75 Å². The number of allylic oxidation sites excluding steroid dienone is 1. The summed E-state index contributed by atoms with van der Waals surface area (Å²) < 4.78 is 5.81. The summed E-state index contributed by atoms with van der Waals surface area (Å²) >= 11 is 0. The number of aliphatic hydroxyl groups is 1. The van der Waals surface area contributed by atoms with E-state index in [1.807, 2.05) is 30.3 Å². The fourth-order valence-corrected chi connectivity index (χ4v) is 3.02. The molecule has 1 N–H and O–H groups in total. The summed E-state index contributed by atoms with van der Waals surface area (Å²) in [5.74, 6) is 0.914. The van der Waals surface area contributed by atoms with E-state index in [0.717, 1.165) is 44.6 Å². The normalized spacial score (nSPS) is 19.1. The molecular weight excluding hydrogens is 274 g/mol. The number of hydrogen-bond acceptors (Lipinski definition) is 3. The van der Waals surface area contributed by atoms with Crippen LogP contribution in [0.15, 0.2) is 42.0 Å². The number of rotatable bonds is 7. The maximum absolute atomic E-state index is 9.87. The van der Waals surface area contributed by atoms with Gasteiger partial charge in [-0.15, -0.1) is 0 Å². The molecule has 1 heterocycles. The Morgan fingerprint density at radius 1 is 1.27 bits per heavy atom. The summed E-state index contributed by atoms with van der Waals surface area (Å²) in [4.78, 5) is 2.49. The number of likely N-dealkylation sites (tertiary alicyclic amines) is 1. The molecule has 3 heteroatoms. The molecule has 0 saturated carbocycles. The average Bonchev–Trinajstić information content (AvgIpc) is 2.57. The molecule has 3 nitrogen and oxygen atoms in total. The molecule has 1 aromatic rings. The Kier molecular flexibility index (Phi) is 6.47. The predicted octanol–water partition coefficient (Wildman–Crippen LogP) is 3.50. The number of aliphatic hydroxyl groups excluding tert-OH is 1. The van der Waals surface area contributed by atoms with Gasteiger partial charge in [0.2, 0.25) is 0 Å². The second kappa shape index (κ2) is 8.35. The average molecular weight is 303 g/mol. The number of hydrogen-bond donors (Lipinski definition) is 1. The summed E-state index contributed by atoms with van der Waals surface area (Å²) in [5.41, 5.74) is 1.46. The van der Waals surface area contributed by atoms with Gasteiger partial charge in [0.15, 0.2) is 0 Å². The van der Waals surface area contributed by atoms with Crippen LogP contribution in [-0.2, 0) is 0 Å². The van der Waals surface area contributed by atoms with E-state index in [-0.39, 0.29) is 12.0 Å². The van der Waals surface area contributed by atoms with Crippen molar-refractivity contribution in [1.82, 2.24) is 4.90 Å². The molecule has 0 atom stereocenters. The van der Waals surface area contributed by atoms with Crippen molar-refractivity contribution in [2.75, 3.05) is 32.8 Å². The zero-order chi connectivity index (χ0) is 15.8. The molecule has 1 saturated heterocycles. The fourth-order valence-electron chi connectivity index (χ4n) is 3.02. The molecule has 122 valence electrons. The summed E-state index contributed by atoms with van der Waals surface area (Å²) in [5, 5.41) is 9.87. The Morgan fingerprint density at radius 2 is 1.95 bits per heavy atom. The zero-order valence-corrected chi connectivity index (χ0v) is 13.9. The molecule has 0 radical (unpaired) electrons. The van der Waals surface area contributed by atoms with Crippen molar-refractivity contribution in [3.8, 4) is 5.75 Å². The smallest absolute Gasteiger partial charge is 0.119 e. The molecule has 1 fully saturated rings. The second-order valence-corrected chi connectivity index (χ2v) is 6.48. The number of para-hydroxylation sites is 1. The summed E-state index contributed by atoms with van der Waals surface area (Å²) in [7, 11) is 0. The van der Waals surface area contributed by atoms with Crippen molar-refractivity contribution < 1.29 is 9.84 Å². The lowest BCUT2D eigenvalue weighted by Gasteiger charge is -2.41. The van der Waals surface area contributed by atoms with Gasteiger partial charge in [0, 0.05) is 13.2 Å². The third kappa shape index (κ3) is 4.85. The van der Waals surface area contributed by atoms with Gasteiger partial charge in [-0.2, -0.15) is 0 Å². The highest BCUT2D eigenvalue weighted by Gasteiger charge is 2.33. The standard InChI is InChI=1S/C19H29NO2/c1-3-17(2)15-20-12-9-19(16-21,10-13-20)11-14-22-18-7-5-4-6-8-18/h3-8,21H,9-16H2,1-2H3/b17-3+. The topological polar surface area (TPSA) is 32.7 Å². The first-order valence-electron chi connectivity index (χ1n) is 8.30. The minimum atomic E-state index is 0.0368. The lowest BCUT2D eigenvalue weighted by molar-refractivity contribution is 0.0294. The summed E-state index contributed by atoms with van der Waals surface area (Å²) in [6.45, 7) is 8.41. The zero-order valence-electron chi connectivity index (χ0n) is 13.9. The van der Waals surface area contributed by atoms with Crippen LogP contribution >= 0.6 is 0 Å². The van der Waals surface area contributed by atoms with Gasteiger partial charge in [0.05, 0.1) is 6.61 Å². The largest absolute Gasteiger partial charge is 0.494 e. The second-order valence-electron chi connectivity index (χ2n) is 6.48. The van der Waals surface area contributed by atoms with Crippen molar-refractivity contribution in [1.29, 1.82) is 0 Å². The van der Waals surface area contributed by atoms with Gasteiger partial charge in [-0.1, -0.05) is 29.8 Å². The molecule has 0 aliphatic carbocycles. The lowest BCUT2D eigenvalue weighted by Crippen LogP contribution is -2.43. The van der Waals surface area contributed by atoms with Gasteiger partial charge in [0.25, 0.3) is 0 Å². The minimum Gasteiger partial charge on any atom is -0.494 e. The molecule has 0 unspecified atom stereocenters. The van der Waals surface area contributed by atoms with E-state index in [2.05, 4.69) is 24.8 Å². The molecular formula is C19H29NO2. The van der Waals surface area contributed by atoms with Crippen molar-refractivity contribution in [2.24, 2.45) is 5.41 Å². The Balaban J connectivity index is 1.79. The maximum atomic E-state index is 9.87. The molecule has 1 aliphatic rings. The first kappa shape index (κ1) is 17.0. The van der Waals surface area contributed by atoms with Crippen LogP contribution in [0.1, 0.15) is 33.1 Å². The first-order valence-corrected chi connectivity index (χ1v) is 8.30. The quantitative estimate of drug-likeness (QED) is 0.783. The van der Waals surface area contributed by atoms with Crippen molar-refractivity contribution in [3.05, 3.63) is 42.0 Å². The van der Waals surface area contributed by atoms with E-state index in [0.29, 0.717) is 6.61 Å². The van der Waals surface area contributed by atoms with Crippen LogP contribution in [0.4, 0.5) is 0 Å². The monoisotopic (exact) mass is 303 g/mol. The predicted molar refractivity (Wildman–Crippen MR) is 91.2 cm³/mol. The Bertz CT molecular complexity index is 462. The van der Waals surface area contributed by atoms with E-state index in [9.17, 15) is 5.11 Å². The van der Waals surface area contributed by atoms with Crippen LogP contribution in [0.25, 0.3) is 0 Å². The Hall–Kier alpha value is -1.32. The van der Waals surface area contributed by atoms with E-state index in [1.54, 1.807) is 0 Å². The number of nitrogens with zero attached hydrogens (tertiary/aromatic N) is 1. The molecule has 0 spiro atoms. The summed E-state index contributed by atoms with van der Waals surface area (Å²) in [6, 6.07) is 9.92. The van der Waals surface area contributed by atoms with E-state index in [1.165, 1.54) is 5.57 Å². The number of benzene rings is 1. The third-order valence-corrected chi connectivity index (χ3v) is 4.86. The van der Waals surface area contributed by atoms with Gasteiger partial charge in [-0.3, -0.25) is 4.90 Å². The number of piperidine rings is 1. The van der Waals surface area contributed by atoms with Gasteiger partial charge >= 0.3 is 0 Å². The highest BCUT2D eigenvalue weighted by atomic mass is 16.5. The van der Waals surface area contributed by atoms with E-state index < -0.39 is 0 Å². The van der Waals surface area contributed by atoms with Crippen molar-refractivity contribution in [3.63, 3.8) is 0 Å². The number of ether oxygens (including phenoxy) is 1. The lowest BCUT2D eigenvalue weighted by atomic mass is 9.76. The van der Waals surface area contributed by atoms with Crippen molar-refractivity contribution >= 4 is 0 Å². The van der Waals surface area contributed by atoms with Crippen LogP contribution in [0.2, 0.25) is 0 Å². The fraction of sp³-hybridized carbons (Fsp3) is 0.579. The van der Waals surface area contributed by atoms with E-state index in [4.69, 9.17) is 4.74 Å². The summed E-state index contributed by atoms with van der Waals surface area (Å²) in [6.07, 6.45) is 5.22. The minimum absolute atomic E-state index is 0.0368. The van der Waals surface area contributed by atoms with Crippen LogP contribution in [-0.4, -0.2) is 42.9 Å². The molecule has 0 amide bonds. The van der Waals surface area contributed by atoms with Crippen LogP contribution in [0.5, 0.6) is 5.75 Å². The third-order valence-electron chi connectivity index (χ3n) is 4.86. The first-order chi connectivity index (χ1) is 10.7. The van der Waals surface area contributed by atoms with Crippen LogP contribution in [0.3, 0.4) is 0 Å². The highest BCUT2D eigenvalue weighted by molar-refractivity contribution is 5.20. The Morgan fingerprint density at radius 3 is 2.55 bits per heavy atom. The molecule has 22 heavy (non-hydrogen) atoms. The maximum Gasteiger partial charge on any atom is 0.119 e.